The van der Waals surface area contributed by atoms with Crippen molar-refractivity contribution in [3.05, 3.63) is 0 Å². The molecule has 0 aromatic heterocycles. The van der Waals surface area contributed by atoms with Gasteiger partial charge in [-0.25, -0.2) is 0 Å². The highest BCUT2D eigenvalue weighted by Gasteiger charge is 2.33. The summed E-state index contributed by atoms with van der Waals surface area (Å²) < 4.78 is 0. The molecule has 0 aliphatic heterocycles. The first-order valence-electron chi connectivity index (χ1n) is 7.56. The molecule has 4 atom stereocenters. The number of hydrogen-bond acceptors (Lipinski definition) is 6. The Bertz CT molecular complexity index is 276. The molecule has 0 spiro atoms. The minimum atomic E-state index is -1.85. The van der Waals surface area contributed by atoms with E-state index in [0.717, 1.165) is 25.7 Å². The van der Waals surface area contributed by atoms with Gasteiger partial charge >= 0.3 is 0 Å². The molecule has 0 unspecified atom stereocenters. The number of carbonyl (C=O) groups is 1. The van der Waals surface area contributed by atoms with Gasteiger partial charge in [-0.1, -0.05) is 39.0 Å². The second-order valence-corrected chi connectivity index (χ2v) is 5.23. The molecule has 0 aromatic rings. The van der Waals surface area contributed by atoms with Gasteiger partial charge in [0.2, 0.25) is 0 Å². The van der Waals surface area contributed by atoms with Crippen molar-refractivity contribution in [3.8, 4) is 0 Å². The van der Waals surface area contributed by atoms with E-state index in [0.29, 0.717) is 6.54 Å². The monoisotopic (exact) mass is 307 g/mol. The lowest BCUT2D eigenvalue weighted by Gasteiger charge is -2.24. The van der Waals surface area contributed by atoms with Crippen LogP contribution >= 0.6 is 0 Å². The fourth-order valence-electron chi connectivity index (χ4n) is 1.90. The average molecular weight is 307 g/mol. The minimum Gasteiger partial charge on any atom is -0.394 e. The van der Waals surface area contributed by atoms with Gasteiger partial charge in [-0.2, -0.15) is 0 Å². The van der Waals surface area contributed by atoms with E-state index in [1.165, 1.54) is 12.8 Å². The lowest BCUT2D eigenvalue weighted by Crippen LogP contribution is -2.51. The highest BCUT2D eigenvalue weighted by atomic mass is 16.4. The van der Waals surface area contributed by atoms with E-state index in [4.69, 9.17) is 10.2 Å². The molecule has 0 rings (SSSR count). The van der Waals surface area contributed by atoms with Crippen molar-refractivity contribution >= 4 is 5.91 Å². The molecule has 21 heavy (non-hydrogen) atoms. The molecule has 6 N–H and O–H groups in total. The van der Waals surface area contributed by atoms with Crippen LogP contribution in [-0.4, -0.2) is 69.0 Å². The van der Waals surface area contributed by atoms with Crippen LogP contribution in [0.4, 0.5) is 0 Å². The summed E-state index contributed by atoms with van der Waals surface area (Å²) in [5.74, 6) is -0.805. The molecule has 0 radical (unpaired) electrons. The van der Waals surface area contributed by atoms with Crippen LogP contribution in [0.2, 0.25) is 0 Å². The molecule has 126 valence electrons. The van der Waals surface area contributed by atoms with Gasteiger partial charge in [0.1, 0.15) is 18.3 Å². The second-order valence-electron chi connectivity index (χ2n) is 5.23. The number of aliphatic hydroxyl groups excluding tert-OH is 5. The van der Waals surface area contributed by atoms with E-state index >= 15 is 0 Å². The Balaban J connectivity index is 3.89. The predicted molar refractivity (Wildman–Crippen MR) is 77.5 cm³/mol. The van der Waals surface area contributed by atoms with E-state index < -0.39 is 36.9 Å². The van der Waals surface area contributed by atoms with Gasteiger partial charge in [-0.15, -0.1) is 0 Å². The first kappa shape index (κ1) is 20.3. The van der Waals surface area contributed by atoms with Gasteiger partial charge in [0.05, 0.1) is 6.61 Å². The third-order valence-electron chi connectivity index (χ3n) is 3.35. The van der Waals surface area contributed by atoms with Crippen molar-refractivity contribution in [3.63, 3.8) is 0 Å². The maximum absolute atomic E-state index is 11.6. The Kier molecular flexibility index (Phi) is 11.5. The van der Waals surface area contributed by atoms with Crippen molar-refractivity contribution < 1.29 is 30.3 Å². The van der Waals surface area contributed by atoms with Crippen LogP contribution in [0, 0.1) is 0 Å². The van der Waals surface area contributed by atoms with E-state index in [-0.39, 0.29) is 0 Å². The number of unbranched alkanes of at least 4 members (excludes halogenated alkanes) is 5. The van der Waals surface area contributed by atoms with Crippen LogP contribution in [0.25, 0.3) is 0 Å². The molecule has 0 saturated heterocycles. The number of aliphatic hydroxyl groups is 5. The largest absolute Gasteiger partial charge is 0.394 e. The molecule has 0 aromatic carbocycles. The van der Waals surface area contributed by atoms with E-state index in [1.54, 1.807) is 0 Å². The maximum Gasteiger partial charge on any atom is 0.251 e. The smallest absolute Gasteiger partial charge is 0.251 e. The number of hydrogen-bond donors (Lipinski definition) is 6. The van der Waals surface area contributed by atoms with Crippen LogP contribution < -0.4 is 5.32 Å². The normalized spacial score (nSPS) is 17.0. The van der Waals surface area contributed by atoms with E-state index in [1.807, 2.05) is 0 Å². The molecular formula is C14H29NO6. The number of carbonyl (C=O) groups excluding carboxylic acids is 1. The van der Waals surface area contributed by atoms with Gasteiger partial charge < -0.3 is 30.8 Å². The van der Waals surface area contributed by atoms with Gasteiger partial charge in [-0.3, -0.25) is 4.79 Å². The van der Waals surface area contributed by atoms with Crippen LogP contribution in [0.5, 0.6) is 0 Å². The Morgan fingerprint density at radius 1 is 0.952 bits per heavy atom. The standard InChI is InChI=1S/C14H29NO6/c1-2-3-4-5-6-7-8-15-14(21)13(20)12(19)11(18)10(17)9-16/h10-13,16-20H,2-9H2,1H3,(H,15,21)/t10-,11-,12+,13+/m1/s1. The number of rotatable bonds is 12. The van der Waals surface area contributed by atoms with Crippen LogP contribution in [0.1, 0.15) is 45.4 Å². The van der Waals surface area contributed by atoms with Crippen molar-refractivity contribution in [2.75, 3.05) is 13.2 Å². The topological polar surface area (TPSA) is 130 Å². The SMILES string of the molecule is CCCCCCCCNC(=O)[C@@H](O)[C@@H](O)[C@H](O)[C@H](O)CO. The van der Waals surface area contributed by atoms with Crippen molar-refractivity contribution in [2.45, 2.75) is 69.9 Å². The molecule has 0 fully saturated rings. The fourth-order valence-corrected chi connectivity index (χ4v) is 1.90. The molecule has 7 heteroatoms. The molecule has 0 saturated carbocycles. The summed E-state index contributed by atoms with van der Waals surface area (Å²) in [7, 11) is 0. The van der Waals surface area contributed by atoms with Gasteiger partial charge in [0.15, 0.2) is 6.10 Å². The summed E-state index contributed by atoms with van der Waals surface area (Å²) in [6, 6.07) is 0. The first-order valence-corrected chi connectivity index (χ1v) is 7.56. The highest BCUT2D eigenvalue weighted by Crippen LogP contribution is 2.06. The lowest BCUT2D eigenvalue weighted by atomic mass is 10.0. The summed E-state index contributed by atoms with van der Waals surface area (Å²) in [5.41, 5.74) is 0. The zero-order valence-electron chi connectivity index (χ0n) is 12.6. The summed E-state index contributed by atoms with van der Waals surface area (Å²) in [6.07, 6.45) is -0.715. The van der Waals surface area contributed by atoms with Crippen molar-refractivity contribution in [2.24, 2.45) is 0 Å². The molecule has 0 bridgehead atoms. The first-order chi connectivity index (χ1) is 9.95. The van der Waals surface area contributed by atoms with Crippen LogP contribution in [0.3, 0.4) is 0 Å². The van der Waals surface area contributed by atoms with Crippen LogP contribution in [0.15, 0.2) is 0 Å². The predicted octanol–water partition coefficient (Wildman–Crippen LogP) is -1.10. The Morgan fingerprint density at radius 3 is 2.10 bits per heavy atom. The number of amides is 1. The van der Waals surface area contributed by atoms with Crippen LogP contribution in [-0.2, 0) is 4.79 Å². The van der Waals surface area contributed by atoms with Gasteiger partial charge in [0.25, 0.3) is 5.91 Å². The Morgan fingerprint density at radius 2 is 1.52 bits per heavy atom. The molecular weight excluding hydrogens is 278 g/mol. The molecule has 0 aliphatic rings. The summed E-state index contributed by atoms with van der Waals surface area (Å²) in [6.45, 7) is 1.74. The van der Waals surface area contributed by atoms with E-state index in [9.17, 15) is 20.1 Å². The summed E-state index contributed by atoms with van der Waals surface area (Å²) in [4.78, 5) is 11.6. The lowest BCUT2D eigenvalue weighted by molar-refractivity contribution is -0.148. The second kappa shape index (κ2) is 11.9. The van der Waals surface area contributed by atoms with Gasteiger partial charge in [0, 0.05) is 6.54 Å². The number of nitrogens with one attached hydrogen (secondary N) is 1. The zero-order valence-corrected chi connectivity index (χ0v) is 12.6. The highest BCUT2D eigenvalue weighted by molar-refractivity contribution is 5.81. The molecule has 0 heterocycles. The molecule has 0 aliphatic carbocycles. The summed E-state index contributed by atoms with van der Waals surface area (Å²) in [5, 5.41) is 48.7. The fraction of sp³-hybridized carbons (Fsp3) is 0.929. The van der Waals surface area contributed by atoms with Gasteiger partial charge in [-0.05, 0) is 6.42 Å². The Labute approximate surface area is 125 Å². The third-order valence-corrected chi connectivity index (χ3v) is 3.35. The van der Waals surface area contributed by atoms with E-state index in [2.05, 4.69) is 12.2 Å². The molecule has 7 nitrogen and oxygen atoms in total. The zero-order chi connectivity index (χ0) is 16.3. The minimum absolute atomic E-state index is 0.382. The average Bonchev–Trinajstić information content (AvgIpc) is 2.50. The quantitative estimate of drug-likeness (QED) is 0.254. The summed E-state index contributed by atoms with van der Waals surface area (Å²) >= 11 is 0. The third kappa shape index (κ3) is 8.33. The molecule has 1 amide bonds. The van der Waals surface area contributed by atoms with Crippen molar-refractivity contribution in [1.29, 1.82) is 0 Å². The Hall–Kier alpha value is -0.730. The maximum atomic E-state index is 11.6. The van der Waals surface area contributed by atoms with Crippen molar-refractivity contribution in [1.82, 2.24) is 5.32 Å².